The number of rotatable bonds is 6. The van der Waals surface area contributed by atoms with E-state index in [1.807, 2.05) is 0 Å². The number of para-hydroxylation sites is 1. The second kappa shape index (κ2) is 6.94. The first kappa shape index (κ1) is 15.2. The number of esters is 1. The first-order chi connectivity index (χ1) is 9.01. The molecule has 0 aliphatic heterocycles. The van der Waals surface area contributed by atoms with Gasteiger partial charge in [-0.2, -0.15) is 0 Å². The summed E-state index contributed by atoms with van der Waals surface area (Å²) in [6, 6.07) is 4.17. The minimum absolute atomic E-state index is 0.0805. The average Bonchev–Trinajstić information content (AvgIpc) is 2.37. The van der Waals surface area contributed by atoms with Gasteiger partial charge in [0, 0.05) is 6.07 Å². The third kappa shape index (κ3) is 3.82. The van der Waals surface area contributed by atoms with Gasteiger partial charge in [-0.15, -0.1) is 0 Å². The standard InChI is InChI=1S/C12H14ClNO5/c1-3-10(12(15)18-4-2)19-11-8(13)6-5-7-9(11)14(16)17/h5-7,10H,3-4H2,1-2H3/t10-/m0/s1. The maximum Gasteiger partial charge on any atom is 0.347 e. The third-order valence-electron chi connectivity index (χ3n) is 2.32. The van der Waals surface area contributed by atoms with Crippen molar-refractivity contribution in [1.29, 1.82) is 0 Å². The quantitative estimate of drug-likeness (QED) is 0.456. The molecule has 0 aliphatic carbocycles. The lowest BCUT2D eigenvalue weighted by molar-refractivity contribution is -0.386. The molecule has 6 nitrogen and oxygen atoms in total. The molecule has 0 radical (unpaired) electrons. The van der Waals surface area contributed by atoms with Gasteiger partial charge in [-0.3, -0.25) is 10.1 Å². The van der Waals surface area contributed by atoms with Gasteiger partial charge in [-0.25, -0.2) is 4.79 Å². The third-order valence-corrected chi connectivity index (χ3v) is 2.62. The van der Waals surface area contributed by atoms with Crippen LogP contribution in [0, 0.1) is 10.1 Å². The van der Waals surface area contributed by atoms with Crippen molar-refractivity contribution in [3.05, 3.63) is 33.3 Å². The number of ether oxygens (including phenoxy) is 2. The number of nitro groups is 1. The van der Waals surface area contributed by atoms with Crippen molar-refractivity contribution in [3.8, 4) is 5.75 Å². The Morgan fingerprint density at radius 1 is 1.47 bits per heavy atom. The predicted octanol–water partition coefficient (Wildman–Crippen LogP) is 2.97. The molecule has 1 aromatic rings. The van der Waals surface area contributed by atoms with Gasteiger partial charge in [0.2, 0.25) is 5.75 Å². The van der Waals surface area contributed by atoms with Crippen molar-refractivity contribution in [2.45, 2.75) is 26.4 Å². The SMILES string of the molecule is CCOC(=O)[C@H](CC)Oc1c(Cl)cccc1[N+](=O)[O-]. The smallest absolute Gasteiger partial charge is 0.347 e. The van der Waals surface area contributed by atoms with E-state index >= 15 is 0 Å². The molecule has 1 rings (SSSR count). The maximum absolute atomic E-state index is 11.6. The summed E-state index contributed by atoms with van der Waals surface area (Å²) in [4.78, 5) is 21.9. The van der Waals surface area contributed by atoms with E-state index in [0.29, 0.717) is 6.42 Å². The molecule has 0 N–H and O–H groups in total. The fourth-order valence-electron chi connectivity index (χ4n) is 1.43. The van der Waals surface area contributed by atoms with E-state index in [2.05, 4.69) is 0 Å². The molecule has 0 unspecified atom stereocenters. The van der Waals surface area contributed by atoms with Crippen molar-refractivity contribution in [1.82, 2.24) is 0 Å². The number of nitro benzene ring substituents is 1. The fourth-order valence-corrected chi connectivity index (χ4v) is 1.65. The number of hydrogen-bond donors (Lipinski definition) is 0. The number of nitrogens with zero attached hydrogens (tertiary/aromatic N) is 1. The van der Waals surface area contributed by atoms with E-state index in [1.165, 1.54) is 18.2 Å². The molecule has 0 aromatic heterocycles. The number of halogens is 1. The Labute approximate surface area is 115 Å². The van der Waals surface area contributed by atoms with Gasteiger partial charge in [0.1, 0.15) is 0 Å². The molecule has 0 amide bonds. The van der Waals surface area contributed by atoms with Gasteiger partial charge in [-0.05, 0) is 19.4 Å². The summed E-state index contributed by atoms with van der Waals surface area (Å²) >= 11 is 5.87. The zero-order valence-electron chi connectivity index (χ0n) is 10.6. The Morgan fingerprint density at radius 3 is 2.68 bits per heavy atom. The van der Waals surface area contributed by atoms with Crippen LogP contribution in [-0.4, -0.2) is 23.6 Å². The molecule has 0 saturated carbocycles. The molecule has 0 saturated heterocycles. The van der Waals surface area contributed by atoms with Crippen LogP contribution in [0.5, 0.6) is 5.75 Å². The summed E-state index contributed by atoms with van der Waals surface area (Å²) in [5, 5.41) is 11.0. The van der Waals surface area contributed by atoms with Crippen LogP contribution >= 0.6 is 11.6 Å². The summed E-state index contributed by atoms with van der Waals surface area (Å²) in [5.41, 5.74) is -0.282. The first-order valence-corrected chi connectivity index (χ1v) is 6.15. The highest BCUT2D eigenvalue weighted by molar-refractivity contribution is 6.32. The van der Waals surface area contributed by atoms with Crippen molar-refractivity contribution in [3.63, 3.8) is 0 Å². The molecular formula is C12H14ClNO5. The summed E-state index contributed by atoms with van der Waals surface area (Å²) in [7, 11) is 0. The van der Waals surface area contributed by atoms with Crippen LogP contribution in [-0.2, 0) is 9.53 Å². The highest BCUT2D eigenvalue weighted by atomic mass is 35.5. The van der Waals surface area contributed by atoms with Gasteiger partial charge in [-0.1, -0.05) is 24.6 Å². The average molecular weight is 288 g/mol. The first-order valence-electron chi connectivity index (χ1n) is 5.77. The van der Waals surface area contributed by atoms with Crippen molar-refractivity contribution < 1.29 is 19.2 Å². The van der Waals surface area contributed by atoms with E-state index in [4.69, 9.17) is 21.1 Å². The van der Waals surface area contributed by atoms with Crippen LogP contribution in [0.15, 0.2) is 18.2 Å². The Kier molecular flexibility index (Phi) is 5.57. The van der Waals surface area contributed by atoms with Gasteiger partial charge < -0.3 is 9.47 Å². The maximum atomic E-state index is 11.6. The molecule has 104 valence electrons. The molecule has 7 heteroatoms. The zero-order chi connectivity index (χ0) is 14.4. The van der Waals surface area contributed by atoms with Crippen LogP contribution in [0.2, 0.25) is 5.02 Å². The Bertz CT molecular complexity index is 477. The highest BCUT2D eigenvalue weighted by Gasteiger charge is 2.26. The van der Waals surface area contributed by atoms with Crippen LogP contribution in [0.25, 0.3) is 0 Å². The second-order valence-corrected chi connectivity index (χ2v) is 4.02. The minimum Gasteiger partial charge on any atom is -0.470 e. The fraction of sp³-hybridized carbons (Fsp3) is 0.417. The van der Waals surface area contributed by atoms with E-state index in [1.54, 1.807) is 13.8 Å². The molecule has 0 spiro atoms. The lowest BCUT2D eigenvalue weighted by Crippen LogP contribution is -2.29. The Hall–Kier alpha value is -1.82. The number of carbonyl (C=O) groups excluding carboxylic acids is 1. The lowest BCUT2D eigenvalue weighted by atomic mass is 10.2. The van der Waals surface area contributed by atoms with Crippen LogP contribution < -0.4 is 4.74 Å². The molecule has 0 aliphatic rings. The van der Waals surface area contributed by atoms with E-state index in [9.17, 15) is 14.9 Å². The summed E-state index contributed by atoms with van der Waals surface area (Å²) < 4.78 is 10.2. The summed E-state index contributed by atoms with van der Waals surface area (Å²) in [6.07, 6.45) is -0.597. The van der Waals surface area contributed by atoms with Crippen molar-refractivity contribution in [2.75, 3.05) is 6.61 Å². The Balaban J connectivity index is 3.03. The highest BCUT2D eigenvalue weighted by Crippen LogP contribution is 2.35. The number of carbonyl (C=O) groups is 1. The number of hydrogen-bond acceptors (Lipinski definition) is 5. The molecule has 1 atom stereocenters. The van der Waals surface area contributed by atoms with E-state index < -0.39 is 17.0 Å². The summed E-state index contributed by atoms with van der Waals surface area (Å²) in [5.74, 6) is -0.687. The lowest BCUT2D eigenvalue weighted by Gasteiger charge is -2.16. The molecule has 0 bridgehead atoms. The van der Waals surface area contributed by atoms with Gasteiger partial charge >= 0.3 is 11.7 Å². The van der Waals surface area contributed by atoms with Crippen LogP contribution in [0.1, 0.15) is 20.3 Å². The molecule has 1 aromatic carbocycles. The molecular weight excluding hydrogens is 274 g/mol. The molecule has 19 heavy (non-hydrogen) atoms. The van der Waals surface area contributed by atoms with Gasteiger partial charge in [0.05, 0.1) is 16.6 Å². The van der Waals surface area contributed by atoms with Crippen molar-refractivity contribution >= 4 is 23.3 Å². The summed E-state index contributed by atoms with van der Waals surface area (Å²) in [6.45, 7) is 3.59. The monoisotopic (exact) mass is 287 g/mol. The minimum atomic E-state index is -0.918. The predicted molar refractivity (Wildman–Crippen MR) is 69.4 cm³/mol. The second-order valence-electron chi connectivity index (χ2n) is 3.61. The largest absolute Gasteiger partial charge is 0.470 e. The van der Waals surface area contributed by atoms with Crippen molar-refractivity contribution in [2.24, 2.45) is 0 Å². The number of benzene rings is 1. The normalized spacial score (nSPS) is 11.7. The zero-order valence-corrected chi connectivity index (χ0v) is 11.3. The molecule has 0 heterocycles. The van der Waals surface area contributed by atoms with Crippen LogP contribution in [0.3, 0.4) is 0 Å². The van der Waals surface area contributed by atoms with E-state index in [-0.39, 0.29) is 23.1 Å². The van der Waals surface area contributed by atoms with E-state index in [0.717, 1.165) is 0 Å². The van der Waals surface area contributed by atoms with Gasteiger partial charge in [0.25, 0.3) is 0 Å². The topological polar surface area (TPSA) is 78.7 Å². The van der Waals surface area contributed by atoms with Crippen LogP contribution in [0.4, 0.5) is 5.69 Å². The Morgan fingerprint density at radius 2 is 2.16 bits per heavy atom. The van der Waals surface area contributed by atoms with Gasteiger partial charge in [0.15, 0.2) is 6.10 Å². The molecule has 0 fully saturated rings.